The zero-order valence-electron chi connectivity index (χ0n) is 14.0. The first kappa shape index (κ1) is 16.1. The van der Waals surface area contributed by atoms with Crippen LogP contribution in [0.3, 0.4) is 0 Å². The van der Waals surface area contributed by atoms with Gasteiger partial charge in [-0.3, -0.25) is 4.79 Å². The lowest BCUT2D eigenvalue weighted by Crippen LogP contribution is -2.42. The number of carbonyl (C=O) groups excluding carboxylic acids is 1. The number of likely N-dealkylation sites (tertiary alicyclic amines) is 1. The molecule has 0 saturated carbocycles. The molecule has 1 aliphatic rings. The van der Waals surface area contributed by atoms with Crippen molar-refractivity contribution < 1.29 is 4.79 Å². The van der Waals surface area contributed by atoms with E-state index in [2.05, 4.69) is 56.9 Å². The first-order chi connectivity index (χ1) is 9.88. The fourth-order valence-electron chi connectivity index (χ4n) is 3.03. The second kappa shape index (κ2) is 6.64. The SMILES string of the molecule is CC1CCCCN1C(=O)CCc1ccc(C(C)(C)C)cc1. The Morgan fingerprint density at radius 3 is 2.43 bits per heavy atom. The smallest absolute Gasteiger partial charge is 0.223 e. The van der Waals surface area contributed by atoms with Crippen LogP contribution in [0.1, 0.15) is 64.5 Å². The van der Waals surface area contributed by atoms with E-state index in [4.69, 9.17) is 0 Å². The highest BCUT2D eigenvalue weighted by Crippen LogP contribution is 2.23. The topological polar surface area (TPSA) is 20.3 Å². The molecule has 1 aromatic rings. The molecule has 2 nitrogen and oxygen atoms in total. The van der Waals surface area contributed by atoms with Crippen molar-refractivity contribution in [3.8, 4) is 0 Å². The number of aryl methyl sites for hydroxylation is 1. The molecule has 1 saturated heterocycles. The van der Waals surface area contributed by atoms with Crippen molar-refractivity contribution in [1.29, 1.82) is 0 Å². The molecule has 0 aromatic heterocycles. The van der Waals surface area contributed by atoms with Gasteiger partial charge in [0, 0.05) is 19.0 Å². The highest BCUT2D eigenvalue weighted by atomic mass is 16.2. The summed E-state index contributed by atoms with van der Waals surface area (Å²) < 4.78 is 0. The molecule has 1 fully saturated rings. The zero-order chi connectivity index (χ0) is 15.5. The molecular formula is C19H29NO. The molecule has 0 bridgehead atoms. The average Bonchev–Trinajstić information content (AvgIpc) is 2.45. The number of piperidine rings is 1. The third-order valence-corrected chi connectivity index (χ3v) is 4.57. The van der Waals surface area contributed by atoms with E-state index in [0.29, 0.717) is 18.4 Å². The molecule has 1 aromatic carbocycles. The van der Waals surface area contributed by atoms with E-state index in [-0.39, 0.29) is 5.41 Å². The number of benzene rings is 1. The van der Waals surface area contributed by atoms with Gasteiger partial charge >= 0.3 is 0 Å². The summed E-state index contributed by atoms with van der Waals surface area (Å²) in [6.07, 6.45) is 5.08. The predicted octanol–water partition coefficient (Wildman–Crippen LogP) is 4.32. The molecule has 1 unspecified atom stereocenters. The van der Waals surface area contributed by atoms with Crippen molar-refractivity contribution in [3.63, 3.8) is 0 Å². The van der Waals surface area contributed by atoms with Crippen LogP contribution in [-0.4, -0.2) is 23.4 Å². The summed E-state index contributed by atoms with van der Waals surface area (Å²) in [6, 6.07) is 9.17. The largest absolute Gasteiger partial charge is 0.340 e. The zero-order valence-corrected chi connectivity index (χ0v) is 14.0. The molecule has 0 N–H and O–H groups in total. The van der Waals surface area contributed by atoms with Crippen molar-refractivity contribution in [3.05, 3.63) is 35.4 Å². The molecule has 1 amide bonds. The van der Waals surface area contributed by atoms with Gasteiger partial charge in [-0.05, 0) is 49.1 Å². The fraction of sp³-hybridized carbons (Fsp3) is 0.632. The molecule has 116 valence electrons. The van der Waals surface area contributed by atoms with Crippen LogP contribution in [0.25, 0.3) is 0 Å². The Morgan fingerprint density at radius 2 is 1.86 bits per heavy atom. The van der Waals surface area contributed by atoms with E-state index in [1.165, 1.54) is 17.5 Å². The van der Waals surface area contributed by atoms with Crippen LogP contribution in [0.4, 0.5) is 0 Å². The predicted molar refractivity (Wildman–Crippen MR) is 88.5 cm³/mol. The van der Waals surface area contributed by atoms with Crippen LogP contribution < -0.4 is 0 Å². The lowest BCUT2D eigenvalue weighted by Gasteiger charge is -2.33. The highest BCUT2D eigenvalue weighted by molar-refractivity contribution is 5.76. The monoisotopic (exact) mass is 287 g/mol. The maximum atomic E-state index is 12.3. The van der Waals surface area contributed by atoms with Crippen LogP contribution in [0.2, 0.25) is 0 Å². The van der Waals surface area contributed by atoms with E-state index in [9.17, 15) is 4.79 Å². The van der Waals surface area contributed by atoms with Gasteiger partial charge in [0.1, 0.15) is 0 Å². The summed E-state index contributed by atoms with van der Waals surface area (Å²) in [4.78, 5) is 14.4. The van der Waals surface area contributed by atoms with Gasteiger partial charge in [0.05, 0.1) is 0 Å². The first-order valence-corrected chi connectivity index (χ1v) is 8.27. The fourth-order valence-corrected chi connectivity index (χ4v) is 3.03. The summed E-state index contributed by atoms with van der Waals surface area (Å²) in [5, 5.41) is 0. The third-order valence-electron chi connectivity index (χ3n) is 4.57. The van der Waals surface area contributed by atoms with Crippen LogP contribution >= 0.6 is 0 Å². The van der Waals surface area contributed by atoms with Crippen LogP contribution in [0.5, 0.6) is 0 Å². The van der Waals surface area contributed by atoms with Gasteiger partial charge in [0.2, 0.25) is 5.91 Å². The molecule has 2 heteroatoms. The van der Waals surface area contributed by atoms with Crippen molar-refractivity contribution in [1.82, 2.24) is 4.90 Å². The number of hydrogen-bond donors (Lipinski definition) is 0. The standard InChI is InChI=1S/C19H29NO/c1-15-7-5-6-14-20(15)18(21)13-10-16-8-11-17(12-9-16)19(2,3)4/h8-9,11-12,15H,5-7,10,13-14H2,1-4H3. The summed E-state index contributed by atoms with van der Waals surface area (Å²) in [6.45, 7) is 9.80. The molecular weight excluding hydrogens is 258 g/mol. The first-order valence-electron chi connectivity index (χ1n) is 8.27. The maximum Gasteiger partial charge on any atom is 0.223 e. The van der Waals surface area contributed by atoms with Crippen molar-refractivity contribution >= 4 is 5.91 Å². The molecule has 0 aliphatic carbocycles. The molecule has 1 aliphatic heterocycles. The Morgan fingerprint density at radius 1 is 1.19 bits per heavy atom. The van der Waals surface area contributed by atoms with Gasteiger partial charge in [-0.15, -0.1) is 0 Å². The average molecular weight is 287 g/mol. The van der Waals surface area contributed by atoms with Crippen LogP contribution in [-0.2, 0) is 16.6 Å². The third kappa shape index (κ3) is 4.33. The second-order valence-corrected chi connectivity index (χ2v) is 7.38. The van der Waals surface area contributed by atoms with Crippen LogP contribution in [0.15, 0.2) is 24.3 Å². The van der Waals surface area contributed by atoms with Crippen molar-refractivity contribution in [2.45, 2.75) is 71.3 Å². The highest BCUT2D eigenvalue weighted by Gasteiger charge is 2.22. The minimum absolute atomic E-state index is 0.192. The van der Waals surface area contributed by atoms with Gasteiger partial charge in [-0.1, -0.05) is 45.0 Å². The van der Waals surface area contributed by atoms with Crippen molar-refractivity contribution in [2.75, 3.05) is 6.54 Å². The second-order valence-electron chi connectivity index (χ2n) is 7.38. The van der Waals surface area contributed by atoms with Crippen molar-refractivity contribution in [2.24, 2.45) is 0 Å². The number of rotatable bonds is 3. The normalized spacial score (nSPS) is 19.6. The number of carbonyl (C=O) groups is 1. The number of amides is 1. The Balaban J connectivity index is 1.89. The van der Waals surface area contributed by atoms with Gasteiger partial charge in [0.15, 0.2) is 0 Å². The molecule has 21 heavy (non-hydrogen) atoms. The van der Waals surface area contributed by atoms with E-state index < -0.39 is 0 Å². The summed E-state index contributed by atoms with van der Waals surface area (Å²) in [5.74, 6) is 0.321. The Labute approximate surface area is 129 Å². The molecule has 0 radical (unpaired) electrons. The van der Waals surface area contributed by atoms with Gasteiger partial charge in [0.25, 0.3) is 0 Å². The molecule has 1 atom stereocenters. The molecule has 0 spiro atoms. The van der Waals surface area contributed by atoms with E-state index in [1.54, 1.807) is 0 Å². The summed E-state index contributed by atoms with van der Waals surface area (Å²) in [7, 11) is 0. The van der Waals surface area contributed by atoms with E-state index >= 15 is 0 Å². The Kier molecular flexibility index (Phi) is 5.08. The maximum absolute atomic E-state index is 12.3. The summed E-state index contributed by atoms with van der Waals surface area (Å²) >= 11 is 0. The van der Waals surface area contributed by atoms with Crippen LogP contribution in [0, 0.1) is 0 Å². The quantitative estimate of drug-likeness (QED) is 0.811. The van der Waals surface area contributed by atoms with Gasteiger partial charge < -0.3 is 4.90 Å². The molecule has 1 heterocycles. The number of nitrogens with zero attached hydrogens (tertiary/aromatic N) is 1. The molecule has 2 rings (SSSR count). The number of hydrogen-bond acceptors (Lipinski definition) is 1. The van der Waals surface area contributed by atoms with Gasteiger partial charge in [-0.25, -0.2) is 0 Å². The lowest BCUT2D eigenvalue weighted by atomic mass is 9.86. The Hall–Kier alpha value is -1.31. The summed E-state index contributed by atoms with van der Waals surface area (Å²) in [5.41, 5.74) is 2.81. The van der Waals surface area contributed by atoms with E-state index in [0.717, 1.165) is 25.8 Å². The van der Waals surface area contributed by atoms with Gasteiger partial charge in [-0.2, -0.15) is 0 Å². The van der Waals surface area contributed by atoms with E-state index in [1.807, 2.05) is 0 Å². The Bertz CT molecular complexity index is 469. The minimum Gasteiger partial charge on any atom is -0.340 e. The lowest BCUT2D eigenvalue weighted by molar-refractivity contribution is -0.134. The minimum atomic E-state index is 0.192.